The average molecular weight is 271 g/mol. The predicted octanol–water partition coefficient (Wildman–Crippen LogP) is 2.71. The van der Waals surface area contributed by atoms with Crippen molar-refractivity contribution in [1.29, 1.82) is 0 Å². The molecule has 6 nitrogen and oxygen atoms in total. The molecular formula is C9H7ClN4O2S. The monoisotopic (exact) mass is 270 g/mol. The van der Waals surface area contributed by atoms with Gasteiger partial charge >= 0.3 is 5.69 Å². The largest absolute Gasteiger partial charge is 0.360 e. The summed E-state index contributed by atoms with van der Waals surface area (Å²) < 4.78 is 0. The molecule has 0 aromatic carbocycles. The Bertz CT molecular complexity index is 532. The lowest BCUT2D eigenvalue weighted by molar-refractivity contribution is -0.384. The Morgan fingerprint density at radius 1 is 1.59 bits per heavy atom. The lowest BCUT2D eigenvalue weighted by atomic mass is 10.3. The maximum Gasteiger partial charge on any atom is 0.329 e. The van der Waals surface area contributed by atoms with E-state index in [0.717, 1.165) is 11.8 Å². The van der Waals surface area contributed by atoms with E-state index in [4.69, 9.17) is 11.6 Å². The fourth-order valence-electron chi connectivity index (χ4n) is 1.20. The summed E-state index contributed by atoms with van der Waals surface area (Å²) in [7, 11) is 0. The Balaban J connectivity index is 2.19. The number of hydrogen-bond donors (Lipinski definition) is 1. The highest BCUT2D eigenvalue weighted by molar-refractivity contribution is 7.07. The highest BCUT2D eigenvalue weighted by Gasteiger charge is 2.16. The van der Waals surface area contributed by atoms with Gasteiger partial charge in [-0.05, 0) is 34.0 Å². The molecule has 0 bridgehead atoms. The zero-order chi connectivity index (χ0) is 12.3. The highest BCUT2D eigenvalue weighted by atomic mass is 35.5. The Kier molecular flexibility index (Phi) is 3.50. The first-order valence-electron chi connectivity index (χ1n) is 4.58. The van der Waals surface area contributed by atoms with Crippen LogP contribution in [0.3, 0.4) is 0 Å². The van der Waals surface area contributed by atoms with Crippen molar-refractivity contribution in [2.24, 2.45) is 0 Å². The summed E-state index contributed by atoms with van der Waals surface area (Å²) in [6, 6.07) is 1.92. The van der Waals surface area contributed by atoms with Gasteiger partial charge in [-0.2, -0.15) is 16.3 Å². The first-order valence-corrected chi connectivity index (χ1v) is 5.91. The molecule has 0 aliphatic heterocycles. The molecule has 1 N–H and O–H groups in total. The second kappa shape index (κ2) is 5.07. The highest BCUT2D eigenvalue weighted by Crippen LogP contribution is 2.22. The summed E-state index contributed by atoms with van der Waals surface area (Å²) >= 11 is 7.16. The fourth-order valence-corrected chi connectivity index (χ4v) is 2.00. The Morgan fingerprint density at radius 3 is 3.06 bits per heavy atom. The SMILES string of the molecule is O=[N+]([O-])c1cnc(Cl)nc1NCc1ccsc1. The Hall–Kier alpha value is -1.73. The van der Waals surface area contributed by atoms with Crippen molar-refractivity contribution in [2.75, 3.05) is 5.32 Å². The van der Waals surface area contributed by atoms with Crippen molar-refractivity contribution in [2.45, 2.75) is 6.54 Å². The van der Waals surface area contributed by atoms with E-state index in [0.29, 0.717) is 6.54 Å². The number of aromatic nitrogens is 2. The standard InChI is InChI=1S/C9H7ClN4O2S/c10-9-12-4-7(14(15)16)8(13-9)11-3-6-1-2-17-5-6/h1-2,4-5H,3H2,(H,11,12,13). The van der Waals surface area contributed by atoms with E-state index < -0.39 is 4.92 Å². The van der Waals surface area contributed by atoms with Crippen molar-refractivity contribution in [3.05, 3.63) is 44.0 Å². The lowest BCUT2D eigenvalue weighted by Crippen LogP contribution is -2.05. The van der Waals surface area contributed by atoms with Crippen LogP contribution in [0.15, 0.2) is 23.0 Å². The number of halogens is 1. The summed E-state index contributed by atoms with van der Waals surface area (Å²) in [4.78, 5) is 17.6. The van der Waals surface area contributed by atoms with Gasteiger partial charge in [-0.25, -0.2) is 4.98 Å². The molecule has 0 saturated carbocycles. The molecule has 8 heteroatoms. The summed E-state index contributed by atoms with van der Waals surface area (Å²) in [5.74, 6) is 0.126. The molecule has 17 heavy (non-hydrogen) atoms. The van der Waals surface area contributed by atoms with Crippen LogP contribution in [0.4, 0.5) is 11.5 Å². The van der Waals surface area contributed by atoms with E-state index in [1.54, 1.807) is 11.3 Å². The van der Waals surface area contributed by atoms with Gasteiger partial charge in [0.1, 0.15) is 6.20 Å². The van der Waals surface area contributed by atoms with Crippen molar-refractivity contribution >= 4 is 34.4 Å². The second-order valence-electron chi connectivity index (χ2n) is 3.12. The first kappa shape index (κ1) is 11.7. The number of thiophene rings is 1. The van der Waals surface area contributed by atoms with Gasteiger partial charge in [-0.15, -0.1) is 0 Å². The third kappa shape index (κ3) is 2.89. The molecule has 88 valence electrons. The van der Waals surface area contributed by atoms with Gasteiger partial charge in [-0.3, -0.25) is 10.1 Å². The van der Waals surface area contributed by atoms with E-state index in [9.17, 15) is 10.1 Å². The van der Waals surface area contributed by atoms with Crippen LogP contribution in [0.5, 0.6) is 0 Å². The van der Waals surface area contributed by atoms with Crippen LogP contribution in [0.25, 0.3) is 0 Å². The number of nitro groups is 1. The summed E-state index contributed by atoms with van der Waals surface area (Å²) in [6.45, 7) is 0.456. The molecule has 2 aromatic rings. The summed E-state index contributed by atoms with van der Waals surface area (Å²) in [6.07, 6.45) is 1.09. The van der Waals surface area contributed by atoms with E-state index in [1.165, 1.54) is 0 Å². The molecule has 0 spiro atoms. The average Bonchev–Trinajstić information content (AvgIpc) is 2.78. The Morgan fingerprint density at radius 2 is 2.41 bits per heavy atom. The molecule has 2 rings (SSSR count). The number of nitrogens with zero attached hydrogens (tertiary/aromatic N) is 3. The zero-order valence-corrected chi connectivity index (χ0v) is 10.0. The van der Waals surface area contributed by atoms with Crippen molar-refractivity contribution < 1.29 is 4.92 Å². The summed E-state index contributed by atoms with van der Waals surface area (Å²) in [5.41, 5.74) is 0.837. The lowest BCUT2D eigenvalue weighted by Gasteiger charge is -2.04. The molecule has 0 fully saturated rings. The third-order valence-corrected chi connectivity index (χ3v) is 2.89. The molecule has 0 aliphatic rings. The van der Waals surface area contributed by atoms with Gasteiger partial charge in [-0.1, -0.05) is 0 Å². The van der Waals surface area contributed by atoms with E-state index in [-0.39, 0.29) is 16.8 Å². The van der Waals surface area contributed by atoms with E-state index in [2.05, 4.69) is 15.3 Å². The van der Waals surface area contributed by atoms with Crippen LogP contribution >= 0.6 is 22.9 Å². The van der Waals surface area contributed by atoms with Crippen LogP contribution in [0.1, 0.15) is 5.56 Å². The van der Waals surface area contributed by atoms with Crippen molar-refractivity contribution in [1.82, 2.24) is 9.97 Å². The maximum atomic E-state index is 10.7. The zero-order valence-electron chi connectivity index (χ0n) is 8.46. The minimum absolute atomic E-state index is 0.0246. The van der Waals surface area contributed by atoms with Crippen LogP contribution in [0.2, 0.25) is 5.28 Å². The van der Waals surface area contributed by atoms with Gasteiger partial charge in [0.05, 0.1) is 4.92 Å². The van der Waals surface area contributed by atoms with Gasteiger partial charge in [0.25, 0.3) is 0 Å². The number of anilines is 1. The molecule has 0 saturated heterocycles. The second-order valence-corrected chi connectivity index (χ2v) is 4.23. The van der Waals surface area contributed by atoms with Crippen molar-refractivity contribution in [3.63, 3.8) is 0 Å². The van der Waals surface area contributed by atoms with Crippen molar-refractivity contribution in [3.8, 4) is 0 Å². The van der Waals surface area contributed by atoms with Gasteiger partial charge in [0.2, 0.25) is 11.1 Å². The predicted molar refractivity (Wildman–Crippen MR) is 65.3 cm³/mol. The molecular weight excluding hydrogens is 264 g/mol. The molecule has 0 atom stereocenters. The first-order chi connectivity index (χ1) is 8.16. The van der Waals surface area contributed by atoms with E-state index >= 15 is 0 Å². The normalized spacial score (nSPS) is 10.2. The van der Waals surface area contributed by atoms with Gasteiger partial charge in [0.15, 0.2) is 0 Å². The number of nitrogens with one attached hydrogen (secondary N) is 1. The van der Waals surface area contributed by atoms with Crippen LogP contribution in [0, 0.1) is 10.1 Å². The van der Waals surface area contributed by atoms with Gasteiger partial charge < -0.3 is 5.32 Å². The van der Waals surface area contributed by atoms with Crippen LogP contribution in [-0.4, -0.2) is 14.9 Å². The summed E-state index contributed by atoms with van der Waals surface area (Å²) in [5, 5.41) is 17.5. The third-order valence-electron chi connectivity index (χ3n) is 1.98. The number of rotatable bonds is 4. The molecule has 0 amide bonds. The van der Waals surface area contributed by atoms with E-state index in [1.807, 2.05) is 16.8 Å². The quantitative estimate of drug-likeness (QED) is 0.525. The minimum atomic E-state index is -0.549. The smallest absolute Gasteiger partial charge is 0.329 e. The Labute approximate surface area is 105 Å². The minimum Gasteiger partial charge on any atom is -0.360 e. The van der Waals surface area contributed by atoms with Crippen LogP contribution in [-0.2, 0) is 6.54 Å². The molecule has 2 aromatic heterocycles. The molecule has 0 radical (unpaired) electrons. The molecule has 0 aliphatic carbocycles. The topological polar surface area (TPSA) is 81.0 Å². The number of hydrogen-bond acceptors (Lipinski definition) is 6. The maximum absolute atomic E-state index is 10.7. The molecule has 2 heterocycles. The molecule has 0 unspecified atom stereocenters. The fraction of sp³-hybridized carbons (Fsp3) is 0.111. The van der Waals surface area contributed by atoms with Crippen LogP contribution < -0.4 is 5.32 Å². The van der Waals surface area contributed by atoms with Gasteiger partial charge in [0, 0.05) is 6.54 Å².